The number of aromatic nitrogens is 3. The van der Waals surface area contributed by atoms with E-state index in [0.29, 0.717) is 34.6 Å². The van der Waals surface area contributed by atoms with Gasteiger partial charge in [-0.25, -0.2) is 9.97 Å². The molecule has 0 saturated heterocycles. The van der Waals surface area contributed by atoms with Crippen LogP contribution in [0.4, 0.5) is 23.1 Å². The Labute approximate surface area is 173 Å². The van der Waals surface area contributed by atoms with Crippen LogP contribution in [0.15, 0.2) is 41.4 Å². The summed E-state index contributed by atoms with van der Waals surface area (Å²) >= 11 is 0. The van der Waals surface area contributed by atoms with Crippen molar-refractivity contribution in [1.82, 2.24) is 15.1 Å². The van der Waals surface area contributed by atoms with Gasteiger partial charge in [0.1, 0.15) is 30.0 Å². The molecular weight excluding hydrogens is 382 g/mol. The number of amides is 1. The van der Waals surface area contributed by atoms with Crippen LogP contribution in [0, 0.1) is 18.3 Å². The maximum absolute atomic E-state index is 12.4. The summed E-state index contributed by atoms with van der Waals surface area (Å²) < 4.78 is 4.72. The van der Waals surface area contributed by atoms with Gasteiger partial charge in [0.2, 0.25) is 0 Å². The first-order valence-electron chi connectivity index (χ1n) is 9.75. The molecule has 1 aliphatic rings. The largest absolute Gasteiger partial charge is 0.366 e. The van der Waals surface area contributed by atoms with Crippen LogP contribution < -0.4 is 16.0 Å². The van der Waals surface area contributed by atoms with Crippen molar-refractivity contribution in [2.75, 3.05) is 16.0 Å². The lowest BCUT2D eigenvalue weighted by molar-refractivity contribution is 0.102. The molecular formula is C21H21N7O2. The lowest BCUT2D eigenvalue weighted by atomic mass is 10.1. The van der Waals surface area contributed by atoms with Crippen molar-refractivity contribution < 1.29 is 9.32 Å². The van der Waals surface area contributed by atoms with E-state index in [9.17, 15) is 10.1 Å². The molecule has 0 radical (unpaired) electrons. The molecule has 30 heavy (non-hydrogen) atoms. The highest BCUT2D eigenvalue weighted by molar-refractivity contribution is 6.04. The molecule has 3 aromatic rings. The van der Waals surface area contributed by atoms with Crippen molar-refractivity contribution in [3.8, 4) is 6.07 Å². The minimum absolute atomic E-state index is 0.290. The highest BCUT2D eigenvalue weighted by Crippen LogP contribution is 2.28. The zero-order valence-electron chi connectivity index (χ0n) is 16.5. The van der Waals surface area contributed by atoms with E-state index in [-0.39, 0.29) is 5.91 Å². The normalized spacial score (nSPS) is 13.6. The van der Waals surface area contributed by atoms with Crippen LogP contribution in [-0.2, 0) is 0 Å². The molecule has 1 amide bonds. The predicted molar refractivity (Wildman–Crippen MR) is 112 cm³/mol. The molecule has 1 aliphatic carbocycles. The highest BCUT2D eigenvalue weighted by atomic mass is 16.5. The number of benzene rings is 1. The van der Waals surface area contributed by atoms with Crippen molar-refractivity contribution in [3.05, 3.63) is 53.5 Å². The van der Waals surface area contributed by atoms with Crippen molar-refractivity contribution in [3.63, 3.8) is 0 Å². The number of nitrogens with zero attached hydrogens (tertiary/aromatic N) is 4. The van der Waals surface area contributed by atoms with Gasteiger partial charge in [-0.15, -0.1) is 0 Å². The Morgan fingerprint density at radius 1 is 1.20 bits per heavy atom. The summed E-state index contributed by atoms with van der Waals surface area (Å²) in [6, 6.07) is 9.33. The Hall–Kier alpha value is -3.93. The minimum Gasteiger partial charge on any atom is -0.366 e. The van der Waals surface area contributed by atoms with E-state index < -0.39 is 0 Å². The molecule has 1 saturated carbocycles. The Balaban J connectivity index is 1.52. The van der Waals surface area contributed by atoms with Crippen molar-refractivity contribution in [1.29, 1.82) is 5.26 Å². The smallest absolute Gasteiger partial charge is 0.256 e. The first-order valence-corrected chi connectivity index (χ1v) is 9.75. The molecule has 0 atom stereocenters. The maximum Gasteiger partial charge on any atom is 0.256 e. The van der Waals surface area contributed by atoms with E-state index in [1.807, 2.05) is 6.92 Å². The summed E-state index contributed by atoms with van der Waals surface area (Å²) in [4.78, 5) is 20.9. The van der Waals surface area contributed by atoms with Crippen LogP contribution in [0.25, 0.3) is 0 Å². The third kappa shape index (κ3) is 4.22. The molecule has 1 fully saturated rings. The number of carbonyl (C=O) groups excluding carboxylic acids is 1. The SMILES string of the molecule is Cc1cc(C(=O)Nc2ccon2)ccc1Nc1ncnc(NC2CCCC2)c1C#N. The molecule has 2 aromatic heterocycles. The van der Waals surface area contributed by atoms with Gasteiger partial charge in [0, 0.05) is 23.4 Å². The number of aryl methyl sites for hydroxylation is 1. The minimum atomic E-state index is -0.290. The van der Waals surface area contributed by atoms with E-state index in [2.05, 4.69) is 37.1 Å². The first-order chi connectivity index (χ1) is 14.6. The molecule has 9 nitrogen and oxygen atoms in total. The Kier molecular flexibility index (Phi) is 5.57. The fraction of sp³-hybridized carbons (Fsp3) is 0.286. The van der Waals surface area contributed by atoms with Gasteiger partial charge >= 0.3 is 0 Å². The fourth-order valence-electron chi connectivity index (χ4n) is 3.50. The Morgan fingerprint density at radius 2 is 2.00 bits per heavy atom. The second-order valence-electron chi connectivity index (χ2n) is 7.18. The van der Waals surface area contributed by atoms with Crippen LogP contribution in [-0.4, -0.2) is 27.1 Å². The molecule has 0 unspecified atom stereocenters. The molecule has 0 spiro atoms. The molecule has 3 N–H and O–H groups in total. The highest BCUT2D eigenvalue weighted by Gasteiger charge is 2.19. The van der Waals surface area contributed by atoms with Gasteiger partial charge in [0.15, 0.2) is 11.6 Å². The number of hydrogen-bond acceptors (Lipinski definition) is 8. The lowest BCUT2D eigenvalue weighted by Crippen LogP contribution is -2.17. The Bertz CT molecular complexity index is 1080. The molecule has 0 bridgehead atoms. The number of anilines is 4. The van der Waals surface area contributed by atoms with Crippen molar-refractivity contribution in [2.45, 2.75) is 38.6 Å². The van der Waals surface area contributed by atoms with Gasteiger partial charge < -0.3 is 20.5 Å². The Morgan fingerprint density at radius 3 is 2.70 bits per heavy atom. The quantitative estimate of drug-likeness (QED) is 0.563. The standard InChI is InChI=1S/C21H21N7O2/c1-13-10-14(21(29)27-18-8-9-30-28-18)6-7-17(13)26-20-16(11-22)19(23-12-24-20)25-15-4-2-3-5-15/h6-10,12,15H,2-5H2,1H3,(H,27,28,29)(H2,23,24,25,26). The van der Waals surface area contributed by atoms with Gasteiger partial charge in [0.25, 0.3) is 5.91 Å². The van der Waals surface area contributed by atoms with Gasteiger partial charge in [-0.1, -0.05) is 18.0 Å². The van der Waals surface area contributed by atoms with Crippen LogP contribution in [0.3, 0.4) is 0 Å². The van der Waals surface area contributed by atoms with Crippen LogP contribution in [0.1, 0.15) is 47.2 Å². The van der Waals surface area contributed by atoms with Gasteiger partial charge in [0.05, 0.1) is 0 Å². The number of rotatable bonds is 6. The lowest BCUT2D eigenvalue weighted by Gasteiger charge is -2.16. The van der Waals surface area contributed by atoms with Crippen molar-refractivity contribution in [2.24, 2.45) is 0 Å². The van der Waals surface area contributed by atoms with Crippen molar-refractivity contribution >= 4 is 29.0 Å². The molecule has 1 aromatic carbocycles. The third-order valence-electron chi connectivity index (χ3n) is 5.08. The number of nitriles is 1. The number of nitrogens with one attached hydrogen (secondary N) is 3. The summed E-state index contributed by atoms with van der Waals surface area (Å²) in [5.74, 6) is 1.03. The molecule has 4 rings (SSSR count). The second-order valence-corrected chi connectivity index (χ2v) is 7.18. The molecule has 9 heteroatoms. The summed E-state index contributed by atoms with van der Waals surface area (Å²) in [5, 5.41) is 22.6. The zero-order chi connectivity index (χ0) is 20.9. The predicted octanol–water partition coefficient (Wildman–Crippen LogP) is 4.00. The third-order valence-corrected chi connectivity index (χ3v) is 5.08. The van der Waals surface area contributed by atoms with Crippen LogP contribution in [0.5, 0.6) is 0 Å². The maximum atomic E-state index is 12.4. The summed E-state index contributed by atoms with van der Waals surface area (Å²) in [7, 11) is 0. The van der Waals surface area contributed by atoms with E-state index >= 15 is 0 Å². The summed E-state index contributed by atoms with van der Waals surface area (Å²) in [6.07, 6.45) is 7.36. The second kappa shape index (κ2) is 8.61. The summed E-state index contributed by atoms with van der Waals surface area (Å²) in [6.45, 7) is 1.88. The molecule has 152 valence electrons. The van der Waals surface area contributed by atoms with Gasteiger partial charge in [-0.05, 0) is 43.5 Å². The van der Waals surface area contributed by atoms with E-state index in [1.165, 1.54) is 25.4 Å². The topological polar surface area (TPSA) is 129 Å². The van der Waals surface area contributed by atoms with E-state index in [0.717, 1.165) is 24.1 Å². The average molecular weight is 403 g/mol. The average Bonchev–Trinajstić information content (AvgIpc) is 3.44. The monoisotopic (exact) mass is 403 g/mol. The van der Waals surface area contributed by atoms with Crippen LogP contribution >= 0.6 is 0 Å². The number of carbonyl (C=O) groups is 1. The first kappa shape index (κ1) is 19.4. The fourth-order valence-corrected chi connectivity index (χ4v) is 3.50. The molecule has 2 heterocycles. The number of hydrogen-bond donors (Lipinski definition) is 3. The molecule has 0 aliphatic heterocycles. The van der Waals surface area contributed by atoms with Gasteiger partial charge in [-0.2, -0.15) is 5.26 Å². The summed E-state index contributed by atoms with van der Waals surface area (Å²) in [5.41, 5.74) is 2.43. The van der Waals surface area contributed by atoms with E-state index in [4.69, 9.17) is 4.52 Å². The van der Waals surface area contributed by atoms with E-state index in [1.54, 1.807) is 24.3 Å². The van der Waals surface area contributed by atoms with Crippen LogP contribution in [0.2, 0.25) is 0 Å². The zero-order valence-corrected chi connectivity index (χ0v) is 16.5. The van der Waals surface area contributed by atoms with Gasteiger partial charge in [-0.3, -0.25) is 4.79 Å².